The average molecular weight is 289 g/mol. The summed E-state index contributed by atoms with van der Waals surface area (Å²) in [6.45, 7) is 10.9. The first-order valence-electron chi connectivity index (χ1n) is 7.98. The second-order valence-electron chi connectivity index (χ2n) is 6.53. The van der Waals surface area contributed by atoms with Gasteiger partial charge in [0.1, 0.15) is 5.75 Å². The van der Waals surface area contributed by atoms with Gasteiger partial charge in [0.25, 0.3) is 0 Å². The summed E-state index contributed by atoms with van der Waals surface area (Å²) in [5, 5.41) is 3.31. The van der Waals surface area contributed by atoms with Crippen LogP contribution in [0, 0.1) is 25.7 Å². The van der Waals surface area contributed by atoms with E-state index in [0.717, 1.165) is 48.4 Å². The SMILES string of the molecule is Cc1cc(C(=O)C2CCNCC2)c(C)cc1OCC(C)C. The third-order valence-electron chi connectivity index (χ3n) is 4.07. The number of carbonyl (C=O) groups is 1. The van der Waals surface area contributed by atoms with Gasteiger partial charge in [-0.15, -0.1) is 0 Å². The van der Waals surface area contributed by atoms with Crippen LogP contribution in [0.2, 0.25) is 0 Å². The van der Waals surface area contributed by atoms with Gasteiger partial charge in [0.15, 0.2) is 5.78 Å². The first-order chi connectivity index (χ1) is 9.99. The quantitative estimate of drug-likeness (QED) is 0.843. The molecule has 0 spiro atoms. The van der Waals surface area contributed by atoms with E-state index in [2.05, 4.69) is 19.2 Å². The zero-order chi connectivity index (χ0) is 15.4. The van der Waals surface area contributed by atoms with E-state index in [0.29, 0.717) is 18.3 Å². The number of ketones is 1. The van der Waals surface area contributed by atoms with Crippen molar-refractivity contribution in [2.24, 2.45) is 11.8 Å². The summed E-state index contributed by atoms with van der Waals surface area (Å²) in [7, 11) is 0. The molecule has 0 bridgehead atoms. The first-order valence-corrected chi connectivity index (χ1v) is 7.98. The largest absolute Gasteiger partial charge is 0.493 e. The second-order valence-corrected chi connectivity index (χ2v) is 6.53. The summed E-state index contributed by atoms with van der Waals surface area (Å²) < 4.78 is 5.84. The number of benzene rings is 1. The summed E-state index contributed by atoms with van der Waals surface area (Å²) in [5.41, 5.74) is 2.96. The molecule has 1 saturated heterocycles. The zero-order valence-electron chi connectivity index (χ0n) is 13.7. The minimum Gasteiger partial charge on any atom is -0.493 e. The van der Waals surface area contributed by atoms with Crippen LogP contribution in [0.5, 0.6) is 5.75 Å². The molecule has 0 radical (unpaired) electrons. The molecule has 3 heteroatoms. The fraction of sp³-hybridized carbons (Fsp3) is 0.611. The lowest BCUT2D eigenvalue weighted by Crippen LogP contribution is -2.32. The molecule has 0 atom stereocenters. The van der Waals surface area contributed by atoms with E-state index in [1.54, 1.807) is 0 Å². The Morgan fingerprint density at radius 2 is 1.90 bits per heavy atom. The Morgan fingerprint density at radius 3 is 2.52 bits per heavy atom. The van der Waals surface area contributed by atoms with E-state index in [9.17, 15) is 4.79 Å². The van der Waals surface area contributed by atoms with Crippen LogP contribution < -0.4 is 10.1 Å². The highest BCUT2D eigenvalue weighted by Gasteiger charge is 2.24. The van der Waals surface area contributed by atoms with Gasteiger partial charge in [0.05, 0.1) is 6.61 Å². The van der Waals surface area contributed by atoms with E-state index >= 15 is 0 Å². The molecule has 116 valence electrons. The number of hydrogen-bond acceptors (Lipinski definition) is 3. The highest BCUT2D eigenvalue weighted by atomic mass is 16.5. The third-order valence-corrected chi connectivity index (χ3v) is 4.07. The summed E-state index contributed by atoms with van der Waals surface area (Å²) in [6, 6.07) is 4.03. The third kappa shape index (κ3) is 4.07. The van der Waals surface area contributed by atoms with Gasteiger partial charge in [-0.2, -0.15) is 0 Å². The normalized spacial score (nSPS) is 16.2. The Labute approximate surface area is 128 Å². The number of piperidine rings is 1. The molecule has 0 aromatic heterocycles. The van der Waals surface area contributed by atoms with Crippen molar-refractivity contribution in [1.29, 1.82) is 0 Å². The van der Waals surface area contributed by atoms with Crippen molar-refractivity contribution in [3.05, 3.63) is 28.8 Å². The Kier molecular flexibility index (Phi) is 5.40. The van der Waals surface area contributed by atoms with E-state index in [4.69, 9.17) is 4.74 Å². The van der Waals surface area contributed by atoms with Crippen molar-refractivity contribution >= 4 is 5.78 Å². The van der Waals surface area contributed by atoms with Gasteiger partial charge in [-0.3, -0.25) is 4.79 Å². The van der Waals surface area contributed by atoms with Gasteiger partial charge in [-0.1, -0.05) is 13.8 Å². The van der Waals surface area contributed by atoms with Crippen LogP contribution in [0.4, 0.5) is 0 Å². The molecule has 3 nitrogen and oxygen atoms in total. The van der Waals surface area contributed by atoms with Crippen LogP contribution in [0.15, 0.2) is 12.1 Å². The zero-order valence-corrected chi connectivity index (χ0v) is 13.7. The Balaban J connectivity index is 2.16. The number of nitrogens with one attached hydrogen (secondary N) is 1. The van der Waals surface area contributed by atoms with Crippen LogP contribution >= 0.6 is 0 Å². The molecule has 1 aromatic carbocycles. The fourth-order valence-corrected chi connectivity index (χ4v) is 2.77. The van der Waals surface area contributed by atoms with E-state index in [-0.39, 0.29) is 5.92 Å². The molecule has 0 saturated carbocycles. The lowest BCUT2D eigenvalue weighted by atomic mass is 9.87. The molecule has 1 aliphatic rings. The highest BCUT2D eigenvalue weighted by Crippen LogP contribution is 2.27. The van der Waals surface area contributed by atoms with Crippen molar-refractivity contribution in [3.63, 3.8) is 0 Å². The Bertz CT molecular complexity index is 502. The maximum Gasteiger partial charge on any atom is 0.166 e. The molecule has 0 unspecified atom stereocenters. The number of aryl methyl sites for hydroxylation is 2. The highest BCUT2D eigenvalue weighted by molar-refractivity contribution is 5.99. The lowest BCUT2D eigenvalue weighted by molar-refractivity contribution is 0.0894. The van der Waals surface area contributed by atoms with Gasteiger partial charge >= 0.3 is 0 Å². The molecular formula is C18H27NO2. The minimum atomic E-state index is 0.173. The van der Waals surface area contributed by atoms with Gasteiger partial charge in [-0.25, -0.2) is 0 Å². The van der Waals surface area contributed by atoms with E-state index in [1.807, 2.05) is 26.0 Å². The number of Topliss-reactive ketones (excluding diaryl/α,β-unsaturated/α-hetero) is 1. The average Bonchev–Trinajstić information content (AvgIpc) is 2.47. The van der Waals surface area contributed by atoms with E-state index < -0.39 is 0 Å². The van der Waals surface area contributed by atoms with Gasteiger partial charge in [0, 0.05) is 11.5 Å². The van der Waals surface area contributed by atoms with Crippen LogP contribution in [0.3, 0.4) is 0 Å². The van der Waals surface area contributed by atoms with Gasteiger partial charge in [-0.05, 0) is 69.0 Å². The maximum atomic E-state index is 12.7. The van der Waals surface area contributed by atoms with E-state index in [1.165, 1.54) is 0 Å². The molecule has 1 heterocycles. The van der Waals surface area contributed by atoms with Crippen molar-refractivity contribution in [3.8, 4) is 5.75 Å². The van der Waals surface area contributed by atoms with Gasteiger partial charge < -0.3 is 10.1 Å². The smallest absolute Gasteiger partial charge is 0.166 e. The topological polar surface area (TPSA) is 38.3 Å². The summed E-state index contributed by atoms with van der Waals surface area (Å²) in [5.74, 6) is 1.88. The first kappa shape index (κ1) is 16.0. The molecule has 21 heavy (non-hydrogen) atoms. The summed E-state index contributed by atoms with van der Waals surface area (Å²) >= 11 is 0. The van der Waals surface area contributed by atoms with Crippen molar-refractivity contribution in [1.82, 2.24) is 5.32 Å². The fourth-order valence-electron chi connectivity index (χ4n) is 2.77. The lowest BCUT2D eigenvalue weighted by Gasteiger charge is -2.22. The molecule has 0 aliphatic carbocycles. The molecule has 1 N–H and O–H groups in total. The molecule has 0 amide bonds. The number of carbonyl (C=O) groups excluding carboxylic acids is 1. The Hall–Kier alpha value is -1.35. The predicted molar refractivity (Wildman–Crippen MR) is 86.2 cm³/mol. The maximum absolute atomic E-state index is 12.7. The van der Waals surface area contributed by atoms with Crippen LogP contribution in [0.25, 0.3) is 0 Å². The van der Waals surface area contributed by atoms with Crippen molar-refractivity contribution in [2.45, 2.75) is 40.5 Å². The summed E-state index contributed by atoms with van der Waals surface area (Å²) in [6.07, 6.45) is 1.89. The Morgan fingerprint density at radius 1 is 1.24 bits per heavy atom. The van der Waals surface area contributed by atoms with Crippen LogP contribution in [-0.4, -0.2) is 25.5 Å². The van der Waals surface area contributed by atoms with Crippen LogP contribution in [0.1, 0.15) is 48.2 Å². The predicted octanol–water partition coefficient (Wildman–Crippen LogP) is 3.52. The number of ether oxygens (including phenoxy) is 1. The molecule has 2 rings (SSSR count). The van der Waals surface area contributed by atoms with Crippen molar-refractivity contribution < 1.29 is 9.53 Å². The monoisotopic (exact) mass is 289 g/mol. The van der Waals surface area contributed by atoms with Gasteiger partial charge in [0.2, 0.25) is 0 Å². The molecular weight excluding hydrogens is 262 g/mol. The standard InChI is InChI=1S/C18H27NO2/c1-12(2)11-21-17-10-13(3)16(9-14(17)4)18(20)15-5-7-19-8-6-15/h9-10,12,15,19H,5-8,11H2,1-4H3. The molecule has 1 aromatic rings. The molecule has 1 aliphatic heterocycles. The minimum absolute atomic E-state index is 0.173. The van der Waals surface area contributed by atoms with Crippen LogP contribution in [-0.2, 0) is 0 Å². The van der Waals surface area contributed by atoms with Crippen molar-refractivity contribution in [2.75, 3.05) is 19.7 Å². The number of rotatable bonds is 5. The molecule has 1 fully saturated rings. The number of hydrogen-bond donors (Lipinski definition) is 1. The summed E-state index contributed by atoms with van der Waals surface area (Å²) in [4.78, 5) is 12.7. The second kappa shape index (κ2) is 7.08.